The van der Waals surface area contributed by atoms with Gasteiger partial charge in [-0.25, -0.2) is 0 Å². The minimum absolute atomic E-state index is 0.585. The molecule has 5 heteroatoms. The van der Waals surface area contributed by atoms with E-state index in [0.717, 1.165) is 70.7 Å². The summed E-state index contributed by atoms with van der Waals surface area (Å²) in [5.74, 6) is 2.55. The maximum Gasteiger partial charge on any atom is 0.191 e. The maximum atomic E-state index is 5.83. The van der Waals surface area contributed by atoms with Crippen LogP contribution in [0.3, 0.4) is 0 Å². The van der Waals surface area contributed by atoms with Crippen LogP contribution in [0.1, 0.15) is 65.2 Å². The summed E-state index contributed by atoms with van der Waals surface area (Å²) in [6.07, 6.45) is 9.88. The van der Waals surface area contributed by atoms with E-state index in [0.29, 0.717) is 12.0 Å². The quantitative estimate of drug-likeness (QED) is 0.379. The van der Waals surface area contributed by atoms with Crippen LogP contribution < -0.4 is 10.6 Å². The molecular formula is C20H39N3O2. The van der Waals surface area contributed by atoms with Crippen LogP contribution in [-0.4, -0.2) is 51.5 Å². The summed E-state index contributed by atoms with van der Waals surface area (Å²) < 4.78 is 11.2. The maximum absolute atomic E-state index is 5.83. The SMILES string of the molecule is CCNC(=NCCCOCC1CCOCC1)NC1CCCC(CC)C1. The van der Waals surface area contributed by atoms with Crippen LogP contribution in [0.15, 0.2) is 4.99 Å². The van der Waals surface area contributed by atoms with E-state index in [1.165, 1.54) is 32.1 Å². The predicted molar refractivity (Wildman–Crippen MR) is 104 cm³/mol. The normalized spacial score (nSPS) is 25.8. The van der Waals surface area contributed by atoms with Crippen molar-refractivity contribution >= 4 is 5.96 Å². The van der Waals surface area contributed by atoms with Crippen LogP contribution in [0.2, 0.25) is 0 Å². The van der Waals surface area contributed by atoms with Gasteiger partial charge in [-0.2, -0.15) is 0 Å². The van der Waals surface area contributed by atoms with Gasteiger partial charge in [0, 0.05) is 45.6 Å². The molecule has 1 aliphatic carbocycles. The first-order chi connectivity index (χ1) is 12.3. The van der Waals surface area contributed by atoms with Gasteiger partial charge in [0.15, 0.2) is 5.96 Å². The Morgan fingerprint density at radius 3 is 2.72 bits per heavy atom. The number of aliphatic imine (C=N–C) groups is 1. The summed E-state index contributed by atoms with van der Waals surface area (Å²) in [5.41, 5.74) is 0. The molecule has 0 aromatic heterocycles. The fraction of sp³-hybridized carbons (Fsp3) is 0.950. The highest BCUT2D eigenvalue weighted by atomic mass is 16.5. The highest BCUT2D eigenvalue weighted by Gasteiger charge is 2.21. The molecule has 2 unspecified atom stereocenters. The molecule has 0 bridgehead atoms. The van der Waals surface area contributed by atoms with E-state index in [4.69, 9.17) is 14.5 Å². The molecule has 25 heavy (non-hydrogen) atoms. The molecule has 0 spiro atoms. The third-order valence-corrected chi connectivity index (χ3v) is 5.46. The molecule has 146 valence electrons. The molecule has 1 heterocycles. The van der Waals surface area contributed by atoms with Crippen molar-refractivity contribution in [2.45, 2.75) is 71.3 Å². The van der Waals surface area contributed by atoms with Crippen molar-refractivity contribution in [2.24, 2.45) is 16.8 Å². The molecule has 0 radical (unpaired) electrons. The first-order valence-electron chi connectivity index (χ1n) is 10.5. The summed E-state index contributed by atoms with van der Waals surface area (Å²) in [6.45, 7) is 9.67. The highest BCUT2D eigenvalue weighted by molar-refractivity contribution is 5.80. The molecular weight excluding hydrogens is 314 g/mol. The zero-order valence-corrected chi connectivity index (χ0v) is 16.4. The van der Waals surface area contributed by atoms with Crippen molar-refractivity contribution < 1.29 is 9.47 Å². The number of ether oxygens (including phenoxy) is 2. The molecule has 2 aliphatic rings. The van der Waals surface area contributed by atoms with Crippen LogP contribution in [0, 0.1) is 11.8 Å². The van der Waals surface area contributed by atoms with Gasteiger partial charge in [-0.05, 0) is 50.9 Å². The molecule has 1 aliphatic heterocycles. The third-order valence-electron chi connectivity index (χ3n) is 5.46. The zero-order chi connectivity index (χ0) is 17.7. The van der Waals surface area contributed by atoms with Gasteiger partial charge in [0.25, 0.3) is 0 Å². The van der Waals surface area contributed by atoms with Crippen molar-refractivity contribution in [1.29, 1.82) is 0 Å². The Bertz CT molecular complexity index is 370. The number of nitrogens with zero attached hydrogens (tertiary/aromatic N) is 1. The zero-order valence-electron chi connectivity index (χ0n) is 16.4. The van der Waals surface area contributed by atoms with Gasteiger partial charge < -0.3 is 20.1 Å². The van der Waals surface area contributed by atoms with Gasteiger partial charge in [-0.3, -0.25) is 4.99 Å². The monoisotopic (exact) mass is 353 g/mol. The topological polar surface area (TPSA) is 54.9 Å². The summed E-state index contributed by atoms with van der Waals surface area (Å²) >= 11 is 0. The smallest absolute Gasteiger partial charge is 0.191 e. The number of guanidine groups is 1. The van der Waals surface area contributed by atoms with E-state index < -0.39 is 0 Å². The van der Waals surface area contributed by atoms with Crippen molar-refractivity contribution in [3.8, 4) is 0 Å². The van der Waals surface area contributed by atoms with Gasteiger partial charge in [0.1, 0.15) is 0 Å². The molecule has 2 atom stereocenters. The Kier molecular flexibility index (Phi) is 10.3. The largest absolute Gasteiger partial charge is 0.381 e. The Morgan fingerprint density at radius 2 is 1.96 bits per heavy atom. The van der Waals surface area contributed by atoms with E-state index in [1.54, 1.807) is 0 Å². The Morgan fingerprint density at radius 1 is 1.12 bits per heavy atom. The molecule has 1 saturated heterocycles. The molecule has 0 amide bonds. The Labute approximate surface area is 154 Å². The second-order valence-electron chi connectivity index (χ2n) is 7.53. The van der Waals surface area contributed by atoms with Gasteiger partial charge in [0.2, 0.25) is 0 Å². The average Bonchev–Trinajstić information content (AvgIpc) is 2.65. The minimum atomic E-state index is 0.585. The molecule has 0 aromatic rings. The van der Waals surface area contributed by atoms with Gasteiger partial charge >= 0.3 is 0 Å². The van der Waals surface area contributed by atoms with E-state index in [-0.39, 0.29) is 0 Å². The molecule has 0 aromatic carbocycles. The fourth-order valence-corrected chi connectivity index (χ4v) is 3.83. The molecule has 2 rings (SSSR count). The Balaban J connectivity index is 1.61. The lowest BCUT2D eigenvalue weighted by Gasteiger charge is -2.30. The number of hydrogen-bond donors (Lipinski definition) is 2. The van der Waals surface area contributed by atoms with E-state index in [9.17, 15) is 0 Å². The van der Waals surface area contributed by atoms with Gasteiger partial charge in [0.05, 0.1) is 0 Å². The summed E-state index contributed by atoms with van der Waals surface area (Å²) in [4.78, 5) is 4.74. The van der Waals surface area contributed by atoms with Crippen LogP contribution in [-0.2, 0) is 9.47 Å². The lowest BCUT2D eigenvalue weighted by Crippen LogP contribution is -2.45. The average molecular weight is 354 g/mol. The van der Waals surface area contributed by atoms with Crippen LogP contribution in [0.25, 0.3) is 0 Å². The van der Waals surface area contributed by atoms with Crippen LogP contribution in [0.4, 0.5) is 0 Å². The number of rotatable bonds is 9. The standard InChI is InChI=1S/C20H39N3O2/c1-3-17-7-5-8-19(15-17)23-20(21-4-2)22-11-6-12-25-16-18-9-13-24-14-10-18/h17-19H,3-16H2,1-2H3,(H2,21,22,23). The van der Waals surface area contributed by atoms with E-state index in [1.807, 2.05) is 0 Å². The first-order valence-corrected chi connectivity index (χ1v) is 10.5. The van der Waals surface area contributed by atoms with E-state index >= 15 is 0 Å². The summed E-state index contributed by atoms with van der Waals surface area (Å²) in [7, 11) is 0. The molecule has 1 saturated carbocycles. The van der Waals surface area contributed by atoms with Crippen molar-refractivity contribution in [1.82, 2.24) is 10.6 Å². The second-order valence-corrected chi connectivity index (χ2v) is 7.53. The molecule has 5 nitrogen and oxygen atoms in total. The number of hydrogen-bond acceptors (Lipinski definition) is 3. The van der Waals surface area contributed by atoms with Crippen LogP contribution in [0.5, 0.6) is 0 Å². The van der Waals surface area contributed by atoms with Gasteiger partial charge in [-0.15, -0.1) is 0 Å². The Hall–Kier alpha value is -0.810. The van der Waals surface area contributed by atoms with Crippen LogP contribution >= 0.6 is 0 Å². The third kappa shape index (κ3) is 8.41. The minimum Gasteiger partial charge on any atom is -0.381 e. The number of nitrogens with one attached hydrogen (secondary N) is 2. The predicted octanol–water partition coefficient (Wildman–Crippen LogP) is 3.34. The lowest BCUT2D eigenvalue weighted by molar-refractivity contribution is 0.0205. The summed E-state index contributed by atoms with van der Waals surface area (Å²) in [6, 6.07) is 0.585. The van der Waals surface area contributed by atoms with Crippen molar-refractivity contribution in [3.05, 3.63) is 0 Å². The second kappa shape index (κ2) is 12.5. The lowest BCUT2D eigenvalue weighted by atomic mass is 9.84. The van der Waals surface area contributed by atoms with Crippen molar-refractivity contribution in [3.63, 3.8) is 0 Å². The fourth-order valence-electron chi connectivity index (χ4n) is 3.83. The first kappa shape index (κ1) is 20.5. The van der Waals surface area contributed by atoms with Gasteiger partial charge in [-0.1, -0.05) is 26.2 Å². The molecule has 2 N–H and O–H groups in total. The van der Waals surface area contributed by atoms with E-state index in [2.05, 4.69) is 24.5 Å². The molecule has 2 fully saturated rings. The highest BCUT2D eigenvalue weighted by Crippen LogP contribution is 2.26. The summed E-state index contributed by atoms with van der Waals surface area (Å²) in [5, 5.41) is 7.04. The van der Waals surface area contributed by atoms with Crippen molar-refractivity contribution in [2.75, 3.05) is 39.5 Å².